The Morgan fingerprint density at radius 1 is 1.64 bits per heavy atom. The van der Waals surface area contributed by atoms with Gasteiger partial charge in [-0.05, 0) is 19.8 Å². The lowest BCUT2D eigenvalue weighted by Crippen LogP contribution is -2.04. The van der Waals surface area contributed by atoms with Crippen LogP contribution < -0.4 is 0 Å². The number of aromatic nitrogens is 2. The molecular formula is C8H12N2O. The molecule has 0 aliphatic heterocycles. The lowest BCUT2D eigenvalue weighted by Gasteiger charge is -2.03. The van der Waals surface area contributed by atoms with Gasteiger partial charge >= 0.3 is 0 Å². The number of rotatable bonds is 1. The number of aliphatic hydroxyl groups is 1. The molecule has 0 bridgehead atoms. The molecule has 1 saturated carbocycles. The SMILES string of the molecule is Cc1nn(C)cc1C1(O)CC1. The van der Waals surface area contributed by atoms with Crippen molar-refractivity contribution in [1.29, 1.82) is 0 Å². The molecule has 2 rings (SSSR count). The smallest absolute Gasteiger partial charge is 0.0931 e. The second kappa shape index (κ2) is 1.85. The highest BCUT2D eigenvalue weighted by atomic mass is 16.3. The summed E-state index contributed by atoms with van der Waals surface area (Å²) >= 11 is 0. The van der Waals surface area contributed by atoms with Gasteiger partial charge in [-0.15, -0.1) is 0 Å². The van der Waals surface area contributed by atoms with E-state index >= 15 is 0 Å². The van der Waals surface area contributed by atoms with Crippen molar-refractivity contribution in [3.05, 3.63) is 17.5 Å². The molecule has 0 spiro atoms. The molecule has 1 aliphatic rings. The normalized spacial score (nSPS) is 20.3. The third-order valence-electron chi connectivity index (χ3n) is 2.24. The zero-order valence-corrected chi connectivity index (χ0v) is 6.83. The van der Waals surface area contributed by atoms with E-state index in [1.165, 1.54) is 0 Å². The Kier molecular flexibility index (Phi) is 1.16. The minimum atomic E-state index is -0.529. The summed E-state index contributed by atoms with van der Waals surface area (Å²) in [5.41, 5.74) is 1.42. The van der Waals surface area contributed by atoms with Crippen LogP contribution in [0.15, 0.2) is 6.20 Å². The van der Waals surface area contributed by atoms with Crippen molar-refractivity contribution in [3.63, 3.8) is 0 Å². The standard InChI is InChI=1S/C8H12N2O/c1-6-7(5-10(2)9-6)8(11)3-4-8/h5,11H,3-4H2,1-2H3. The van der Waals surface area contributed by atoms with Gasteiger partial charge in [0.25, 0.3) is 0 Å². The van der Waals surface area contributed by atoms with Gasteiger partial charge in [0.15, 0.2) is 0 Å². The molecule has 0 radical (unpaired) electrons. The highest BCUT2D eigenvalue weighted by molar-refractivity contribution is 5.28. The summed E-state index contributed by atoms with van der Waals surface area (Å²) in [4.78, 5) is 0. The molecule has 0 saturated heterocycles. The van der Waals surface area contributed by atoms with E-state index in [0.717, 1.165) is 24.1 Å². The van der Waals surface area contributed by atoms with Crippen LogP contribution in [-0.4, -0.2) is 14.9 Å². The van der Waals surface area contributed by atoms with Crippen LogP contribution in [0.25, 0.3) is 0 Å². The second-order valence-electron chi connectivity index (χ2n) is 3.33. The first-order valence-electron chi connectivity index (χ1n) is 3.85. The zero-order valence-electron chi connectivity index (χ0n) is 6.83. The lowest BCUT2D eigenvalue weighted by molar-refractivity contribution is 0.150. The largest absolute Gasteiger partial charge is 0.385 e. The van der Waals surface area contributed by atoms with Crippen molar-refractivity contribution in [2.45, 2.75) is 25.4 Å². The van der Waals surface area contributed by atoms with Gasteiger partial charge in [0.2, 0.25) is 0 Å². The molecule has 0 unspecified atom stereocenters. The Bertz CT molecular complexity index is 286. The van der Waals surface area contributed by atoms with E-state index in [1.54, 1.807) is 4.68 Å². The number of hydrogen-bond donors (Lipinski definition) is 1. The summed E-state index contributed by atoms with van der Waals surface area (Å²) in [6.07, 6.45) is 3.68. The Balaban J connectivity index is 2.44. The third-order valence-corrected chi connectivity index (χ3v) is 2.24. The van der Waals surface area contributed by atoms with Gasteiger partial charge in [-0.2, -0.15) is 5.10 Å². The van der Waals surface area contributed by atoms with Crippen molar-refractivity contribution in [3.8, 4) is 0 Å². The fourth-order valence-electron chi connectivity index (χ4n) is 1.44. The summed E-state index contributed by atoms with van der Waals surface area (Å²) in [5.74, 6) is 0. The van der Waals surface area contributed by atoms with Crippen LogP contribution in [-0.2, 0) is 12.6 Å². The minimum Gasteiger partial charge on any atom is -0.385 e. The molecule has 60 valence electrons. The first-order chi connectivity index (χ1) is 5.12. The zero-order chi connectivity index (χ0) is 8.06. The summed E-state index contributed by atoms with van der Waals surface area (Å²) in [6.45, 7) is 1.94. The van der Waals surface area contributed by atoms with E-state index in [1.807, 2.05) is 20.2 Å². The molecular weight excluding hydrogens is 140 g/mol. The van der Waals surface area contributed by atoms with Gasteiger partial charge in [0.05, 0.1) is 11.3 Å². The Morgan fingerprint density at radius 2 is 2.27 bits per heavy atom. The van der Waals surface area contributed by atoms with E-state index in [9.17, 15) is 5.11 Å². The number of hydrogen-bond acceptors (Lipinski definition) is 2. The van der Waals surface area contributed by atoms with Crippen molar-refractivity contribution >= 4 is 0 Å². The van der Waals surface area contributed by atoms with Gasteiger partial charge in [0, 0.05) is 18.8 Å². The maximum atomic E-state index is 9.74. The van der Waals surface area contributed by atoms with Gasteiger partial charge in [-0.1, -0.05) is 0 Å². The van der Waals surface area contributed by atoms with E-state index in [0.29, 0.717) is 0 Å². The van der Waals surface area contributed by atoms with E-state index in [-0.39, 0.29) is 0 Å². The van der Waals surface area contributed by atoms with E-state index < -0.39 is 5.60 Å². The van der Waals surface area contributed by atoms with Crippen molar-refractivity contribution < 1.29 is 5.11 Å². The summed E-state index contributed by atoms with van der Waals surface area (Å²) in [6, 6.07) is 0. The molecule has 1 heterocycles. The molecule has 1 aromatic heterocycles. The van der Waals surface area contributed by atoms with Gasteiger partial charge in [-0.25, -0.2) is 0 Å². The highest BCUT2D eigenvalue weighted by Crippen LogP contribution is 2.46. The fraction of sp³-hybridized carbons (Fsp3) is 0.625. The quantitative estimate of drug-likeness (QED) is 0.643. The predicted molar refractivity (Wildman–Crippen MR) is 41.1 cm³/mol. The van der Waals surface area contributed by atoms with Crippen LogP contribution in [0.2, 0.25) is 0 Å². The van der Waals surface area contributed by atoms with Crippen molar-refractivity contribution in [2.24, 2.45) is 7.05 Å². The van der Waals surface area contributed by atoms with Crippen LogP contribution in [0.5, 0.6) is 0 Å². The molecule has 3 nitrogen and oxygen atoms in total. The highest BCUT2D eigenvalue weighted by Gasteiger charge is 2.44. The third kappa shape index (κ3) is 0.959. The number of aryl methyl sites for hydroxylation is 2. The lowest BCUT2D eigenvalue weighted by atomic mass is 10.1. The van der Waals surface area contributed by atoms with Crippen molar-refractivity contribution in [2.75, 3.05) is 0 Å². The average molecular weight is 152 g/mol. The fourth-order valence-corrected chi connectivity index (χ4v) is 1.44. The van der Waals surface area contributed by atoms with Crippen LogP contribution in [0, 0.1) is 6.92 Å². The predicted octanol–water partition coefficient (Wildman–Crippen LogP) is 0.710. The maximum absolute atomic E-state index is 9.74. The Hall–Kier alpha value is -0.830. The van der Waals surface area contributed by atoms with E-state index in [2.05, 4.69) is 5.10 Å². The molecule has 11 heavy (non-hydrogen) atoms. The van der Waals surface area contributed by atoms with Crippen LogP contribution in [0.3, 0.4) is 0 Å². The summed E-state index contributed by atoms with van der Waals surface area (Å²) in [5, 5.41) is 13.9. The summed E-state index contributed by atoms with van der Waals surface area (Å²) in [7, 11) is 1.88. The molecule has 1 N–H and O–H groups in total. The maximum Gasteiger partial charge on any atom is 0.0931 e. The monoisotopic (exact) mass is 152 g/mol. The Morgan fingerprint density at radius 3 is 2.64 bits per heavy atom. The molecule has 0 atom stereocenters. The van der Waals surface area contributed by atoms with Gasteiger partial charge in [-0.3, -0.25) is 4.68 Å². The first kappa shape index (κ1) is 6.85. The minimum absolute atomic E-state index is 0.529. The van der Waals surface area contributed by atoms with E-state index in [4.69, 9.17) is 0 Å². The van der Waals surface area contributed by atoms with Crippen LogP contribution >= 0.6 is 0 Å². The molecule has 1 aromatic rings. The van der Waals surface area contributed by atoms with Gasteiger partial charge < -0.3 is 5.11 Å². The molecule has 3 heteroatoms. The van der Waals surface area contributed by atoms with Gasteiger partial charge in [0.1, 0.15) is 0 Å². The number of nitrogens with zero attached hydrogens (tertiary/aromatic N) is 2. The topological polar surface area (TPSA) is 38.0 Å². The molecule has 1 fully saturated rings. The summed E-state index contributed by atoms with van der Waals surface area (Å²) < 4.78 is 1.75. The average Bonchev–Trinajstić information content (AvgIpc) is 2.55. The van der Waals surface area contributed by atoms with Crippen LogP contribution in [0.4, 0.5) is 0 Å². The molecule has 0 amide bonds. The van der Waals surface area contributed by atoms with Crippen molar-refractivity contribution in [1.82, 2.24) is 9.78 Å². The first-order valence-corrected chi connectivity index (χ1v) is 3.85. The van der Waals surface area contributed by atoms with Crippen LogP contribution in [0.1, 0.15) is 24.1 Å². The second-order valence-corrected chi connectivity index (χ2v) is 3.33. The molecule has 0 aromatic carbocycles. The Labute approximate surface area is 65.7 Å². The molecule has 1 aliphatic carbocycles.